The number of phosphoric ester groups is 1. The number of quaternary nitrogens is 1. The van der Waals surface area contributed by atoms with E-state index in [-0.39, 0.29) is 26.1 Å². The van der Waals surface area contributed by atoms with Gasteiger partial charge in [0.1, 0.15) is 19.8 Å². The summed E-state index contributed by atoms with van der Waals surface area (Å²) in [6.07, 6.45) is 40.1. The summed E-state index contributed by atoms with van der Waals surface area (Å²) in [7, 11) is 1.44. The Morgan fingerprint density at radius 1 is 0.585 bits per heavy atom. The Hall–Kier alpha value is -2.03. The van der Waals surface area contributed by atoms with Gasteiger partial charge in [-0.15, -0.1) is 0 Å². The summed E-state index contributed by atoms with van der Waals surface area (Å²) in [6.45, 7) is 4.30. The molecule has 0 radical (unpaired) electrons. The predicted molar refractivity (Wildman–Crippen MR) is 220 cm³/mol. The highest BCUT2D eigenvalue weighted by Crippen LogP contribution is 2.43. The number of esters is 2. The number of hydrogen-bond donors (Lipinski definition) is 1. The summed E-state index contributed by atoms with van der Waals surface area (Å²) in [6, 6.07) is 0. The van der Waals surface area contributed by atoms with Gasteiger partial charge in [0.2, 0.25) is 0 Å². The molecule has 0 saturated carbocycles. The first-order valence-electron chi connectivity index (χ1n) is 20.9. The smallest absolute Gasteiger partial charge is 0.462 e. The Morgan fingerprint density at radius 3 is 1.58 bits per heavy atom. The molecule has 0 saturated heterocycles. The topological polar surface area (TPSA) is 108 Å². The number of allylic oxidation sites excluding steroid dienone is 8. The molecule has 1 N–H and O–H groups in total. The average Bonchev–Trinajstić information content (AvgIpc) is 3.10. The molecule has 0 rings (SSSR count). The van der Waals surface area contributed by atoms with Gasteiger partial charge in [0.25, 0.3) is 0 Å². The van der Waals surface area contributed by atoms with Crippen molar-refractivity contribution < 1.29 is 42.1 Å². The Bertz CT molecular complexity index is 1050. The molecule has 10 heteroatoms. The number of phosphoric acid groups is 1. The van der Waals surface area contributed by atoms with Crippen molar-refractivity contribution in [2.24, 2.45) is 0 Å². The summed E-state index contributed by atoms with van der Waals surface area (Å²) in [5.74, 6) is -0.857. The number of likely N-dealkylation sites (N-methyl/N-ethyl adjacent to an activating group) is 1. The maximum absolute atomic E-state index is 12.6. The Labute approximate surface area is 324 Å². The second kappa shape index (κ2) is 35.7. The van der Waals surface area contributed by atoms with Gasteiger partial charge < -0.3 is 18.9 Å². The van der Waals surface area contributed by atoms with Crippen LogP contribution in [-0.2, 0) is 32.7 Å². The van der Waals surface area contributed by atoms with E-state index in [1.165, 1.54) is 51.4 Å². The summed E-state index contributed by atoms with van der Waals surface area (Å²) in [5.41, 5.74) is 0. The number of rotatable bonds is 37. The van der Waals surface area contributed by atoms with Gasteiger partial charge >= 0.3 is 19.8 Å². The van der Waals surface area contributed by atoms with E-state index in [2.05, 4.69) is 62.5 Å². The first-order valence-corrected chi connectivity index (χ1v) is 22.4. The monoisotopic (exact) mass is 769 g/mol. The van der Waals surface area contributed by atoms with Crippen molar-refractivity contribution in [3.05, 3.63) is 48.6 Å². The van der Waals surface area contributed by atoms with Crippen molar-refractivity contribution in [2.45, 2.75) is 168 Å². The van der Waals surface area contributed by atoms with E-state index in [0.29, 0.717) is 23.9 Å². The lowest BCUT2D eigenvalue weighted by Crippen LogP contribution is -2.37. The molecular formula is C43H79NO8P+. The molecule has 0 heterocycles. The molecule has 1 unspecified atom stereocenters. The maximum Gasteiger partial charge on any atom is 0.472 e. The zero-order valence-corrected chi connectivity index (χ0v) is 35.4. The third-order valence-electron chi connectivity index (χ3n) is 8.58. The van der Waals surface area contributed by atoms with Gasteiger partial charge in [0, 0.05) is 12.8 Å². The molecule has 0 aromatic rings. The molecule has 0 aromatic heterocycles. The zero-order valence-electron chi connectivity index (χ0n) is 34.5. The van der Waals surface area contributed by atoms with Crippen molar-refractivity contribution in [3.63, 3.8) is 0 Å². The van der Waals surface area contributed by atoms with Crippen molar-refractivity contribution in [3.8, 4) is 0 Å². The molecule has 2 atom stereocenters. The minimum atomic E-state index is -4.38. The van der Waals surface area contributed by atoms with Crippen LogP contribution >= 0.6 is 7.82 Å². The van der Waals surface area contributed by atoms with E-state index >= 15 is 0 Å². The second-order valence-electron chi connectivity index (χ2n) is 15.0. The van der Waals surface area contributed by atoms with Gasteiger partial charge in [0.05, 0.1) is 27.7 Å². The fourth-order valence-electron chi connectivity index (χ4n) is 5.23. The molecule has 0 spiro atoms. The van der Waals surface area contributed by atoms with Crippen molar-refractivity contribution in [1.29, 1.82) is 0 Å². The lowest BCUT2D eigenvalue weighted by atomic mass is 10.1. The number of unbranched alkanes of at least 4 members (excludes halogenated alkanes) is 15. The summed E-state index contributed by atoms with van der Waals surface area (Å²) in [4.78, 5) is 35.3. The first-order chi connectivity index (χ1) is 25.5. The van der Waals surface area contributed by atoms with E-state index < -0.39 is 32.5 Å². The molecule has 0 aliphatic carbocycles. The van der Waals surface area contributed by atoms with Gasteiger partial charge in [-0.2, -0.15) is 0 Å². The average molecular weight is 769 g/mol. The lowest BCUT2D eigenvalue weighted by Gasteiger charge is -2.24. The van der Waals surface area contributed by atoms with Crippen LogP contribution in [0, 0.1) is 0 Å². The van der Waals surface area contributed by atoms with Crippen LogP contribution in [0.5, 0.6) is 0 Å². The Balaban J connectivity index is 4.48. The minimum Gasteiger partial charge on any atom is -0.462 e. The number of nitrogens with zero attached hydrogens (tertiary/aromatic N) is 1. The van der Waals surface area contributed by atoms with E-state index in [4.69, 9.17) is 18.5 Å². The van der Waals surface area contributed by atoms with Crippen molar-refractivity contribution in [1.82, 2.24) is 0 Å². The van der Waals surface area contributed by atoms with Crippen LogP contribution in [0.1, 0.15) is 162 Å². The van der Waals surface area contributed by atoms with Crippen LogP contribution in [-0.4, -0.2) is 74.9 Å². The molecule has 308 valence electrons. The van der Waals surface area contributed by atoms with Crippen molar-refractivity contribution >= 4 is 19.8 Å². The molecule has 0 amide bonds. The Morgan fingerprint density at radius 2 is 1.04 bits per heavy atom. The Kier molecular flexibility index (Phi) is 34.3. The third-order valence-corrected chi connectivity index (χ3v) is 9.57. The fraction of sp³-hybridized carbons (Fsp3) is 0.767. The molecule has 0 aromatic carbocycles. The first kappa shape index (κ1) is 51.0. The van der Waals surface area contributed by atoms with Crippen LogP contribution in [0.4, 0.5) is 0 Å². The molecule has 0 aliphatic heterocycles. The van der Waals surface area contributed by atoms with E-state index in [1.807, 2.05) is 21.1 Å². The summed E-state index contributed by atoms with van der Waals surface area (Å²) >= 11 is 0. The summed E-state index contributed by atoms with van der Waals surface area (Å²) < 4.78 is 34.2. The maximum atomic E-state index is 12.6. The largest absolute Gasteiger partial charge is 0.472 e. The van der Waals surface area contributed by atoms with Crippen LogP contribution in [0.15, 0.2) is 48.6 Å². The highest BCUT2D eigenvalue weighted by atomic mass is 31.2. The third kappa shape index (κ3) is 39.5. The lowest BCUT2D eigenvalue weighted by molar-refractivity contribution is -0.870. The highest BCUT2D eigenvalue weighted by molar-refractivity contribution is 7.47. The van der Waals surface area contributed by atoms with Crippen LogP contribution < -0.4 is 0 Å². The number of carbonyl (C=O) groups excluding carboxylic acids is 2. The van der Waals surface area contributed by atoms with Crippen molar-refractivity contribution in [2.75, 3.05) is 47.5 Å². The predicted octanol–water partition coefficient (Wildman–Crippen LogP) is 11.5. The normalized spacial score (nSPS) is 14.2. The van der Waals surface area contributed by atoms with Gasteiger partial charge in [-0.25, -0.2) is 4.57 Å². The molecule has 0 aliphatic rings. The highest BCUT2D eigenvalue weighted by Gasteiger charge is 2.27. The van der Waals surface area contributed by atoms with E-state index in [0.717, 1.165) is 70.6 Å². The zero-order chi connectivity index (χ0) is 39.3. The SMILES string of the molecule is CCCC/C=C/C/C=C/CCCCCCCC(=O)O[C@H](COC(=O)CCCC/C=C/C/C=C/CCCCCCCC)COP(=O)(O)OCC[N+](C)(C)C. The number of ether oxygens (including phenoxy) is 2. The number of hydrogen-bond acceptors (Lipinski definition) is 7. The second-order valence-corrected chi connectivity index (χ2v) is 16.5. The quantitative estimate of drug-likeness (QED) is 0.0219. The minimum absolute atomic E-state index is 0.0224. The fourth-order valence-corrected chi connectivity index (χ4v) is 5.98. The standard InChI is InChI=1S/C43H78NO8P/c1-6-8-10-12-14-16-18-20-22-24-25-27-29-31-33-35-42(45)49-39-41(40-51-53(47,48)50-38-37-44(3,4)5)52-43(46)36-34-32-30-28-26-23-21-19-17-15-13-11-9-7-2/h13,15,19-22,25,27,41H,6-12,14,16-18,23-24,26,28-40H2,1-5H3/p+1/b15-13+,21-19+,22-20+,27-25+/t41-/m1/s1. The molecule has 9 nitrogen and oxygen atoms in total. The van der Waals surface area contributed by atoms with Crippen LogP contribution in [0.2, 0.25) is 0 Å². The van der Waals surface area contributed by atoms with E-state index in [9.17, 15) is 19.0 Å². The molecule has 0 bridgehead atoms. The van der Waals surface area contributed by atoms with E-state index in [1.54, 1.807) is 0 Å². The van der Waals surface area contributed by atoms with Gasteiger partial charge in [-0.3, -0.25) is 18.6 Å². The van der Waals surface area contributed by atoms with Gasteiger partial charge in [0.15, 0.2) is 6.10 Å². The molecule has 0 fully saturated rings. The van der Waals surface area contributed by atoms with Gasteiger partial charge in [-0.1, -0.05) is 127 Å². The molecular weight excluding hydrogens is 689 g/mol. The summed E-state index contributed by atoms with van der Waals surface area (Å²) in [5, 5.41) is 0. The van der Waals surface area contributed by atoms with Gasteiger partial charge in [-0.05, 0) is 70.6 Å². The van der Waals surface area contributed by atoms with Crippen LogP contribution in [0.3, 0.4) is 0 Å². The molecule has 53 heavy (non-hydrogen) atoms. The van der Waals surface area contributed by atoms with Crippen LogP contribution in [0.25, 0.3) is 0 Å². The number of carbonyl (C=O) groups is 2.